The molecule has 2 fully saturated rings. The molecule has 1 unspecified atom stereocenters. The molecular formula is C7H11O. The molecule has 1 aliphatic carbocycles. The van der Waals surface area contributed by atoms with Crippen molar-refractivity contribution in [2.75, 3.05) is 0 Å². The van der Waals surface area contributed by atoms with Crippen LogP contribution < -0.4 is 0 Å². The molecule has 0 amide bonds. The minimum atomic E-state index is 0.609. The Bertz CT molecular complexity index is 80.4. The van der Waals surface area contributed by atoms with Gasteiger partial charge >= 0.3 is 0 Å². The van der Waals surface area contributed by atoms with Gasteiger partial charge in [0.2, 0.25) is 0 Å². The lowest BCUT2D eigenvalue weighted by Gasteiger charge is -1.90. The van der Waals surface area contributed by atoms with Crippen LogP contribution in [-0.2, 0) is 4.74 Å². The highest BCUT2D eigenvalue weighted by Crippen LogP contribution is 2.41. The zero-order valence-corrected chi connectivity index (χ0v) is 5.02. The van der Waals surface area contributed by atoms with Crippen molar-refractivity contribution >= 4 is 0 Å². The van der Waals surface area contributed by atoms with Crippen molar-refractivity contribution in [2.45, 2.75) is 38.2 Å². The van der Waals surface area contributed by atoms with Crippen molar-refractivity contribution in [3.05, 3.63) is 6.10 Å². The summed E-state index contributed by atoms with van der Waals surface area (Å²) in [5.74, 6) is 0. The normalized spacial score (nSPS) is 38.2. The smallest absolute Gasteiger partial charge is 0.126 e. The molecule has 2 rings (SSSR count). The molecule has 1 radical (unpaired) electrons. The van der Waals surface area contributed by atoms with Gasteiger partial charge in [0.15, 0.2) is 0 Å². The van der Waals surface area contributed by atoms with Crippen LogP contribution in [0.3, 0.4) is 0 Å². The summed E-state index contributed by atoms with van der Waals surface area (Å²) in [4.78, 5) is 0. The number of ether oxygens (including phenoxy) is 1. The molecule has 1 heterocycles. The number of hydrogen-bond donors (Lipinski definition) is 0. The van der Waals surface area contributed by atoms with Crippen LogP contribution in [0.2, 0.25) is 0 Å². The fourth-order valence-electron chi connectivity index (χ4n) is 1.39. The molecule has 1 aliphatic heterocycles. The van der Waals surface area contributed by atoms with E-state index in [0.717, 1.165) is 0 Å². The molecule has 0 N–H and O–H groups in total. The standard InChI is InChI=1S/C7H11O/c1-2-4-6-7(8-6)5-3-1/h6H,1-5H2. The van der Waals surface area contributed by atoms with Crippen LogP contribution in [0.5, 0.6) is 0 Å². The average molecular weight is 111 g/mol. The monoisotopic (exact) mass is 111 g/mol. The number of hydrogen-bond acceptors (Lipinski definition) is 1. The quantitative estimate of drug-likeness (QED) is 0.435. The average Bonchev–Trinajstić information content (AvgIpc) is 2.36. The van der Waals surface area contributed by atoms with Crippen molar-refractivity contribution in [3.63, 3.8) is 0 Å². The van der Waals surface area contributed by atoms with E-state index >= 15 is 0 Å². The first-order chi connectivity index (χ1) is 3.97. The van der Waals surface area contributed by atoms with Crippen LogP contribution >= 0.6 is 0 Å². The Morgan fingerprint density at radius 3 is 3.25 bits per heavy atom. The lowest BCUT2D eigenvalue weighted by molar-refractivity contribution is 0.368. The lowest BCUT2D eigenvalue weighted by Crippen LogP contribution is -1.80. The Morgan fingerprint density at radius 1 is 1.25 bits per heavy atom. The van der Waals surface area contributed by atoms with E-state index in [4.69, 9.17) is 4.74 Å². The van der Waals surface area contributed by atoms with E-state index in [1.807, 2.05) is 0 Å². The Hall–Kier alpha value is -0.0400. The number of epoxide rings is 1. The molecule has 0 bridgehead atoms. The molecule has 1 saturated heterocycles. The molecule has 8 heavy (non-hydrogen) atoms. The van der Waals surface area contributed by atoms with Crippen LogP contribution in [0.4, 0.5) is 0 Å². The van der Waals surface area contributed by atoms with E-state index in [1.54, 1.807) is 0 Å². The molecule has 2 aliphatic rings. The maximum absolute atomic E-state index is 5.27. The molecular weight excluding hydrogens is 100 g/mol. The zero-order valence-electron chi connectivity index (χ0n) is 5.02. The third-order valence-corrected chi connectivity index (χ3v) is 1.99. The molecule has 0 spiro atoms. The van der Waals surface area contributed by atoms with Gasteiger partial charge < -0.3 is 4.74 Å². The second kappa shape index (κ2) is 1.73. The third kappa shape index (κ3) is 0.752. The summed E-state index contributed by atoms with van der Waals surface area (Å²) in [5.41, 5.74) is 0. The fourth-order valence-corrected chi connectivity index (χ4v) is 1.39. The molecule has 1 nitrogen and oxygen atoms in total. The van der Waals surface area contributed by atoms with Gasteiger partial charge in [0.25, 0.3) is 0 Å². The van der Waals surface area contributed by atoms with E-state index in [2.05, 4.69) is 0 Å². The first-order valence-electron chi connectivity index (χ1n) is 3.49. The first-order valence-corrected chi connectivity index (χ1v) is 3.49. The predicted octanol–water partition coefficient (Wildman–Crippen LogP) is 1.88. The maximum atomic E-state index is 5.27. The molecule has 0 aromatic carbocycles. The first kappa shape index (κ1) is 4.80. The summed E-state index contributed by atoms with van der Waals surface area (Å²) < 4.78 is 5.27. The van der Waals surface area contributed by atoms with Gasteiger partial charge in [0.05, 0.1) is 6.10 Å². The molecule has 1 atom stereocenters. The summed E-state index contributed by atoms with van der Waals surface area (Å²) in [7, 11) is 0. The van der Waals surface area contributed by atoms with Crippen molar-refractivity contribution < 1.29 is 4.74 Å². The van der Waals surface area contributed by atoms with Gasteiger partial charge in [0.1, 0.15) is 6.10 Å². The van der Waals surface area contributed by atoms with E-state index in [1.165, 1.54) is 38.2 Å². The zero-order chi connectivity index (χ0) is 5.40. The van der Waals surface area contributed by atoms with E-state index in [9.17, 15) is 0 Å². The second-order valence-electron chi connectivity index (χ2n) is 2.67. The van der Waals surface area contributed by atoms with Gasteiger partial charge in [-0.1, -0.05) is 19.3 Å². The summed E-state index contributed by atoms with van der Waals surface area (Å²) in [6.07, 6.45) is 8.73. The predicted molar refractivity (Wildman–Crippen MR) is 31.2 cm³/mol. The van der Waals surface area contributed by atoms with Gasteiger partial charge in [-0.2, -0.15) is 0 Å². The van der Waals surface area contributed by atoms with Gasteiger partial charge in [-0.05, 0) is 12.8 Å². The van der Waals surface area contributed by atoms with Crippen molar-refractivity contribution in [1.82, 2.24) is 0 Å². The molecule has 1 saturated carbocycles. The minimum absolute atomic E-state index is 0.609. The summed E-state index contributed by atoms with van der Waals surface area (Å²) >= 11 is 0. The van der Waals surface area contributed by atoms with Crippen LogP contribution in [0.1, 0.15) is 32.1 Å². The third-order valence-electron chi connectivity index (χ3n) is 1.99. The van der Waals surface area contributed by atoms with E-state index in [-0.39, 0.29) is 0 Å². The maximum Gasteiger partial charge on any atom is 0.126 e. The second-order valence-corrected chi connectivity index (χ2v) is 2.67. The lowest BCUT2D eigenvalue weighted by atomic mass is 10.2. The van der Waals surface area contributed by atoms with Crippen LogP contribution in [0.25, 0.3) is 0 Å². The number of rotatable bonds is 0. The van der Waals surface area contributed by atoms with Gasteiger partial charge in [-0.3, -0.25) is 0 Å². The minimum Gasteiger partial charge on any atom is -0.363 e. The van der Waals surface area contributed by atoms with E-state index < -0.39 is 0 Å². The van der Waals surface area contributed by atoms with Crippen LogP contribution in [-0.4, -0.2) is 6.10 Å². The van der Waals surface area contributed by atoms with Gasteiger partial charge in [-0.15, -0.1) is 0 Å². The van der Waals surface area contributed by atoms with Gasteiger partial charge in [-0.25, -0.2) is 0 Å². The highest BCUT2D eigenvalue weighted by atomic mass is 16.6. The van der Waals surface area contributed by atoms with E-state index in [0.29, 0.717) is 6.10 Å². The number of fused-ring (bicyclic) bond motifs is 1. The Balaban J connectivity index is 1.89. The Morgan fingerprint density at radius 2 is 2.25 bits per heavy atom. The van der Waals surface area contributed by atoms with Crippen LogP contribution in [0, 0.1) is 6.10 Å². The Labute approximate surface area is 50.0 Å². The van der Waals surface area contributed by atoms with Crippen molar-refractivity contribution in [1.29, 1.82) is 0 Å². The van der Waals surface area contributed by atoms with Crippen LogP contribution in [0.15, 0.2) is 0 Å². The SMILES string of the molecule is C1CC[C]2OC2CC1. The van der Waals surface area contributed by atoms with Crippen molar-refractivity contribution in [2.24, 2.45) is 0 Å². The summed E-state index contributed by atoms with van der Waals surface area (Å²) in [6.45, 7) is 0. The molecule has 0 aromatic heterocycles. The highest BCUT2D eigenvalue weighted by Gasteiger charge is 2.39. The van der Waals surface area contributed by atoms with Gasteiger partial charge in [0, 0.05) is 0 Å². The molecule has 45 valence electrons. The molecule has 1 heteroatoms. The summed E-state index contributed by atoms with van der Waals surface area (Å²) in [5, 5.41) is 0. The summed E-state index contributed by atoms with van der Waals surface area (Å²) in [6, 6.07) is 0. The Kier molecular flexibility index (Phi) is 1.04. The highest BCUT2D eigenvalue weighted by molar-refractivity contribution is 5.03. The molecule has 0 aromatic rings. The topological polar surface area (TPSA) is 12.5 Å². The fraction of sp³-hybridized carbons (Fsp3) is 0.857. The van der Waals surface area contributed by atoms with Crippen molar-refractivity contribution in [3.8, 4) is 0 Å². The largest absolute Gasteiger partial charge is 0.363 e.